The molecular formula is C21H26N2O4. The fourth-order valence-electron chi connectivity index (χ4n) is 4.37. The number of primary amides is 1. The van der Waals surface area contributed by atoms with E-state index >= 15 is 0 Å². The summed E-state index contributed by atoms with van der Waals surface area (Å²) in [6.45, 7) is -0.138. The van der Waals surface area contributed by atoms with Crippen LogP contribution in [0.4, 0.5) is 0 Å². The number of ether oxygens (including phenoxy) is 1. The molecule has 1 aromatic heterocycles. The zero-order valence-corrected chi connectivity index (χ0v) is 15.5. The molecule has 0 aliphatic heterocycles. The third-order valence-electron chi connectivity index (χ3n) is 5.85. The van der Waals surface area contributed by atoms with Gasteiger partial charge in [-0.05, 0) is 50.3 Å². The van der Waals surface area contributed by atoms with Crippen LogP contribution in [-0.2, 0) is 22.4 Å². The van der Waals surface area contributed by atoms with E-state index in [1.54, 1.807) is 0 Å². The van der Waals surface area contributed by atoms with Crippen molar-refractivity contribution in [1.82, 2.24) is 5.32 Å². The molecular weight excluding hydrogens is 344 g/mol. The van der Waals surface area contributed by atoms with Crippen LogP contribution in [0.25, 0.3) is 11.0 Å². The van der Waals surface area contributed by atoms with Crippen molar-refractivity contribution in [3.8, 4) is 5.75 Å². The van der Waals surface area contributed by atoms with Crippen molar-refractivity contribution in [2.45, 2.75) is 63.3 Å². The summed E-state index contributed by atoms with van der Waals surface area (Å²) in [4.78, 5) is 24.3. The highest BCUT2D eigenvalue weighted by Crippen LogP contribution is 2.34. The van der Waals surface area contributed by atoms with Crippen molar-refractivity contribution in [1.29, 1.82) is 0 Å². The number of fused-ring (bicyclic) bond motifs is 3. The van der Waals surface area contributed by atoms with Gasteiger partial charge < -0.3 is 20.2 Å². The van der Waals surface area contributed by atoms with E-state index in [0.717, 1.165) is 55.3 Å². The fourth-order valence-corrected chi connectivity index (χ4v) is 4.37. The third-order valence-corrected chi connectivity index (χ3v) is 5.85. The third kappa shape index (κ3) is 3.53. The Hall–Kier alpha value is -2.50. The number of carbonyl (C=O) groups excluding carboxylic acids is 2. The zero-order valence-electron chi connectivity index (χ0n) is 15.5. The van der Waals surface area contributed by atoms with E-state index in [0.29, 0.717) is 18.6 Å². The van der Waals surface area contributed by atoms with Crippen LogP contribution in [0, 0.1) is 0 Å². The second-order valence-electron chi connectivity index (χ2n) is 7.71. The van der Waals surface area contributed by atoms with Crippen LogP contribution in [0.3, 0.4) is 0 Å². The molecule has 2 aliphatic rings. The molecule has 0 spiro atoms. The number of amides is 2. The van der Waals surface area contributed by atoms with E-state index in [1.807, 2.05) is 18.2 Å². The first-order valence-corrected chi connectivity index (χ1v) is 9.85. The average Bonchev–Trinajstić information content (AvgIpc) is 3.05. The van der Waals surface area contributed by atoms with Gasteiger partial charge in [0.05, 0.1) is 0 Å². The lowest BCUT2D eigenvalue weighted by atomic mass is 9.81. The maximum absolute atomic E-state index is 12.4. The van der Waals surface area contributed by atoms with Crippen LogP contribution in [0.15, 0.2) is 22.6 Å². The number of rotatable bonds is 5. The summed E-state index contributed by atoms with van der Waals surface area (Å²) >= 11 is 0. The summed E-state index contributed by atoms with van der Waals surface area (Å²) in [5.41, 5.74) is 6.78. The maximum atomic E-state index is 12.4. The Kier molecular flexibility index (Phi) is 4.81. The molecule has 0 unspecified atom stereocenters. The van der Waals surface area contributed by atoms with Gasteiger partial charge in [-0.1, -0.05) is 19.3 Å². The first-order valence-electron chi connectivity index (χ1n) is 9.85. The van der Waals surface area contributed by atoms with Gasteiger partial charge in [-0.3, -0.25) is 9.59 Å². The summed E-state index contributed by atoms with van der Waals surface area (Å²) in [6, 6.07) is 5.66. The molecule has 0 radical (unpaired) electrons. The summed E-state index contributed by atoms with van der Waals surface area (Å²) in [5.74, 6) is 0.933. The Bertz CT molecular complexity index is 864. The molecule has 144 valence electrons. The molecule has 1 saturated carbocycles. The number of furan rings is 1. The molecule has 0 bridgehead atoms. The number of nitrogens with two attached hydrogens (primary N) is 1. The first-order chi connectivity index (χ1) is 13.1. The van der Waals surface area contributed by atoms with Crippen LogP contribution in [0.5, 0.6) is 5.75 Å². The zero-order chi connectivity index (χ0) is 18.9. The van der Waals surface area contributed by atoms with Crippen LogP contribution >= 0.6 is 0 Å². The number of carbonyl (C=O) groups is 2. The van der Waals surface area contributed by atoms with E-state index < -0.39 is 11.4 Å². The molecule has 1 fully saturated rings. The van der Waals surface area contributed by atoms with Crippen molar-refractivity contribution in [2.75, 3.05) is 6.61 Å². The number of hydrogen-bond acceptors (Lipinski definition) is 4. The molecule has 1 aromatic carbocycles. The van der Waals surface area contributed by atoms with E-state index in [9.17, 15) is 9.59 Å². The van der Waals surface area contributed by atoms with Crippen LogP contribution in [0.1, 0.15) is 56.3 Å². The summed E-state index contributed by atoms with van der Waals surface area (Å²) in [6.07, 6.45) is 8.39. The standard InChI is InChI=1S/C21H26N2O4/c22-20(25)21(10-4-1-5-11-21)23-19(24)13-26-14-8-9-18-16(12-14)15-6-2-3-7-17(15)27-18/h8-9,12H,1-7,10-11,13H2,(H2,22,25)(H,23,24). The topological polar surface area (TPSA) is 94.6 Å². The lowest BCUT2D eigenvalue weighted by molar-refractivity contribution is -0.133. The minimum absolute atomic E-state index is 0.138. The minimum Gasteiger partial charge on any atom is -0.484 e. The van der Waals surface area contributed by atoms with Crippen LogP contribution in [0.2, 0.25) is 0 Å². The number of benzene rings is 1. The Balaban J connectivity index is 1.43. The molecule has 1 heterocycles. The Morgan fingerprint density at radius 2 is 1.89 bits per heavy atom. The normalized spacial score (nSPS) is 18.7. The lowest BCUT2D eigenvalue weighted by Gasteiger charge is -2.35. The maximum Gasteiger partial charge on any atom is 0.258 e. The van der Waals surface area contributed by atoms with Gasteiger partial charge in [0.15, 0.2) is 6.61 Å². The van der Waals surface area contributed by atoms with Gasteiger partial charge in [-0.25, -0.2) is 0 Å². The number of hydrogen-bond donors (Lipinski definition) is 2. The summed E-state index contributed by atoms with van der Waals surface area (Å²) in [7, 11) is 0. The van der Waals surface area contributed by atoms with Gasteiger partial charge in [0.25, 0.3) is 5.91 Å². The van der Waals surface area contributed by atoms with E-state index in [-0.39, 0.29) is 12.5 Å². The molecule has 3 N–H and O–H groups in total. The van der Waals surface area contributed by atoms with Crippen molar-refractivity contribution >= 4 is 22.8 Å². The minimum atomic E-state index is -0.924. The van der Waals surface area contributed by atoms with Gasteiger partial charge >= 0.3 is 0 Å². The van der Waals surface area contributed by atoms with Crippen molar-refractivity contribution < 1.29 is 18.7 Å². The molecule has 2 amide bonds. The Labute approximate surface area is 158 Å². The SMILES string of the molecule is NC(=O)C1(NC(=O)COc2ccc3oc4c(c3c2)CCCC4)CCCCC1. The van der Waals surface area contributed by atoms with Gasteiger partial charge in [-0.15, -0.1) is 0 Å². The van der Waals surface area contributed by atoms with Gasteiger partial charge in [0.2, 0.25) is 5.91 Å². The van der Waals surface area contributed by atoms with Gasteiger partial charge in [0, 0.05) is 17.4 Å². The lowest BCUT2D eigenvalue weighted by Crippen LogP contribution is -2.59. The predicted octanol–water partition coefficient (Wildman–Crippen LogP) is 2.99. The Morgan fingerprint density at radius 1 is 1.11 bits per heavy atom. The summed E-state index contributed by atoms with van der Waals surface area (Å²) in [5, 5.41) is 3.90. The molecule has 6 nitrogen and oxygen atoms in total. The van der Waals surface area contributed by atoms with Gasteiger partial charge in [-0.2, -0.15) is 0 Å². The quantitative estimate of drug-likeness (QED) is 0.846. The average molecular weight is 370 g/mol. The smallest absolute Gasteiger partial charge is 0.258 e. The molecule has 0 saturated heterocycles. The van der Waals surface area contributed by atoms with E-state index in [1.165, 1.54) is 12.0 Å². The molecule has 2 aliphatic carbocycles. The predicted molar refractivity (Wildman–Crippen MR) is 102 cm³/mol. The molecule has 27 heavy (non-hydrogen) atoms. The highest BCUT2D eigenvalue weighted by atomic mass is 16.5. The van der Waals surface area contributed by atoms with Gasteiger partial charge in [0.1, 0.15) is 22.6 Å². The second kappa shape index (κ2) is 7.25. The molecule has 2 aromatic rings. The van der Waals surface area contributed by atoms with Crippen molar-refractivity contribution in [3.63, 3.8) is 0 Å². The van der Waals surface area contributed by atoms with Crippen molar-refractivity contribution in [2.24, 2.45) is 5.73 Å². The molecule has 0 atom stereocenters. The monoisotopic (exact) mass is 370 g/mol. The highest BCUT2D eigenvalue weighted by Gasteiger charge is 2.39. The van der Waals surface area contributed by atoms with E-state index in [2.05, 4.69) is 5.32 Å². The number of aryl methyl sites for hydroxylation is 2. The summed E-state index contributed by atoms with van der Waals surface area (Å²) < 4.78 is 11.6. The van der Waals surface area contributed by atoms with E-state index in [4.69, 9.17) is 14.9 Å². The highest BCUT2D eigenvalue weighted by molar-refractivity contribution is 5.91. The second-order valence-corrected chi connectivity index (χ2v) is 7.71. The first kappa shape index (κ1) is 17.9. The fraction of sp³-hybridized carbons (Fsp3) is 0.524. The van der Waals surface area contributed by atoms with Crippen LogP contribution < -0.4 is 15.8 Å². The molecule has 4 rings (SSSR count). The van der Waals surface area contributed by atoms with Crippen LogP contribution in [-0.4, -0.2) is 24.0 Å². The Morgan fingerprint density at radius 3 is 2.67 bits per heavy atom. The number of nitrogens with one attached hydrogen (secondary N) is 1. The molecule has 6 heteroatoms. The van der Waals surface area contributed by atoms with Crippen molar-refractivity contribution in [3.05, 3.63) is 29.5 Å². The largest absolute Gasteiger partial charge is 0.484 e.